The second-order valence-corrected chi connectivity index (χ2v) is 10.0. The van der Waals surface area contributed by atoms with E-state index in [9.17, 15) is 50.8 Å². The third kappa shape index (κ3) is 7.63. The topological polar surface area (TPSA) is 267 Å². The number of aliphatic hydroxyl groups excluding tert-OH is 9. The quantitative estimate of drug-likeness (QED) is 0.101. The number of amides is 1. The van der Waals surface area contributed by atoms with Crippen molar-refractivity contribution in [3.05, 3.63) is 0 Å². The fourth-order valence-corrected chi connectivity index (χ4v) is 4.64. The molecular formula is C23H41NO16. The van der Waals surface area contributed by atoms with Crippen LogP contribution < -0.4 is 5.32 Å². The molecule has 17 nitrogen and oxygen atoms in total. The SMILES string of the molecule is CC(=O)NCCCO[C@@H]1O[C@H](CO)[C@H](O[C@H]2O[C@H](CO)[C@H](O)[C@H](O)[C@H]2O)[C@H](O)[C@H]1O[C@@H]1O[C@@H](C)[C@@H](O)[C@@H](O)[C@@H]1O. The second kappa shape index (κ2) is 14.9. The van der Waals surface area contributed by atoms with Crippen molar-refractivity contribution in [3.8, 4) is 0 Å². The molecule has 40 heavy (non-hydrogen) atoms. The van der Waals surface area contributed by atoms with Gasteiger partial charge in [-0.2, -0.15) is 0 Å². The van der Waals surface area contributed by atoms with E-state index >= 15 is 0 Å². The standard InChI is InChI=1S/C23H41NO16/c1-8-12(28)14(30)16(32)21(36-8)40-20-18(34)19(39-22-17(33)15(31)13(29)10(6-25)37-22)11(7-26)38-23(20)35-5-3-4-24-9(2)27/h8,10-23,25-26,28-34H,3-7H2,1-2H3,(H,24,27)/t8-,10+,11+,12+,13-,14+,15-,16-,17+,18-,19-,20+,21-,22+,23+/m0/s1. The van der Waals surface area contributed by atoms with Crippen molar-refractivity contribution in [3.63, 3.8) is 0 Å². The van der Waals surface area contributed by atoms with E-state index in [0.29, 0.717) is 6.42 Å². The van der Waals surface area contributed by atoms with Gasteiger partial charge in [0.15, 0.2) is 18.9 Å². The summed E-state index contributed by atoms with van der Waals surface area (Å²) in [5, 5.41) is 94.4. The van der Waals surface area contributed by atoms with E-state index in [-0.39, 0.29) is 19.1 Å². The molecular weight excluding hydrogens is 546 g/mol. The van der Waals surface area contributed by atoms with Gasteiger partial charge in [0.25, 0.3) is 0 Å². The summed E-state index contributed by atoms with van der Waals surface area (Å²) in [6.07, 6.45) is -22.9. The molecule has 3 rings (SSSR count). The van der Waals surface area contributed by atoms with Crippen LogP contribution in [0.4, 0.5) is 0 Å². The molecule has 10 N–H and O–H groups in total. The van der Waals surface area contributed by atoms with Crippen LogP contribution in [0.5, 0.6) is 0 Å². The molecule has 17 heteroatoms. The molecule has 3 aliphatic heterocycles. The van der Waals surface area contributed by atoms with Gasteiger partial charge in [-0.3, -0.25) is 4.79 Å². The first-order valence-electron chi connectivity index (χ1n) is 13.0. The molecule has 234 valence electrons. The van der Waals surface area contributed by atoms with E-state index in [1.54, 1.807) is 0 Å². The van der Waals surface area contributed by atoms with Gasteiger partial charge in [-0.1, -0.05) is 0 Å². The van der Waals surface area contributed by atoms with Crippen molar-refractivity contribution < 1.29 is 79.2 Å². The maximum atomic E-state index is 11.3. The summed E-state index contributed by atoms with van der Waals surface area (Å²) in [7, 11) is 0. The molecule has 3 fully saturated rings. The number of hydrogen-bond acceptors (Lipinski definition) is 16. The van der Waals surface area contributed by atoms with Crippen molar-refractivity contribution in [1.82, 2.24) is 5.32 Å². The van der Waals surface area contributed by atoms with Crippen molar-refractivity contribution in [2.45, 2.75) is 112 Å². The molecule has 0 aromatic heterocycles. The zero-order chi connectivity index (χ0) is 29.7. The zero-order valence-corrected chi connectivity index (χ0v) is 22.1. The summed E-state index contributed by atoms with van der Waals surface area (Å²) in [6, 6.07) is 0. The highest BCUT2D eigenvalue weighted by atomic mass is 16.8. The van der Waals surface area contributed by atoms with Crippen LogP contribution in [0.3, 0.4) is 0 Å². The largest absolute Gasteiger partial charge is 0.394 e. The van der Waals surface area contributed by atoms with Gasteiger partial charge in [-0.15, -0.1) is 0 Å². The Balaban J connectivity index is 1.80. The molecule has 15 atom stereocenters. The monoisotopic (exact) mass is 587 g/mol. The Labute approximate surface area is 229 Å². The molecule has 0 saturated carbocycles. The van der Waals surface area contributed by atoms with Crippen LogP contribution in [0.1, 0.15) is 20.3 Å². The van der Waals surface area contributed by atoms with Gasteiger partial charge in [-0.05, 0) is 13.3 Å². The summed E-state index contributed by atoms with van der Waals surface area (Å²) in [6.45, 7) is 1.54. The lowest BCUT2D eigenvalue weighted by Gasteiger charge is -2.48. The average Bonchev–Trinajstić information content (AvgIpc) is 2.92. The van der Waals surface area contributed by atoms with Crippen molar-refractivity contribution in [2.75, 3.05) is 26.4 Å². The third-order valence-corrected chi connectivity index (χ3v) is 7.01. The number of rotatable bonds is 11. The third-order valence-electron chi connectivity index (χ3n) is 7.01. The van der Waals surface area contributed by atoms with E-state index in [4.69, 9.17) is 28.4 Å². The molecule has 3 saturated heterocycles. The van der Waals surface area contributed by atoms with Crippen LogP contribution >= 0.6 is 0 Å². The molecule has 1 amide bonds. The summed E-state index contributed by atoms with van der Waals surface area (Å²) in [5.41, 5.74) is 0. The first kappa shape index (κ1) is 33.4. The van der Waals surface area contributed by atoms with Gasteiger partial charge >= 0.3 is 0 Å². The van der Waals surface area contributed by atoms with E-state index in [2.05, 4.69) is 5.32 Å². The number of aliphatic hydroxyl groups is 9. The Hall–Kier alpha value is -1.13. The van der Waals surface area contributed by atoms with Crippen molar-refractivity contribution >= 4 is 5.91 Å². The van der Waals surface area contributed by atoms with Crippen molar-refractivity contribution in [1.29, 1.82) is 0 Å². The molecule has 3 heterocycles. The van der Waals surface area contributed by atoms with Crippen LogP contribution in [0.15, 0.2) is 0 Å². The maximum Gasteiger partial charge on any atom is 0.216 e. The molecule has 0 unspecified atom stereocenters. The Kier molecular flexibility index (Phi) is 12.4. The Morgan fingerprint density at radius 2 is 1.25 bits per heavy atom. The van der Waals surface area contributed by atoms with E-state index in [0.717, 1.165) is 0 Å². The highest BCUT2D eigenvalue weighted by molar-refractivity contribution is 5.72. The number of carbonyl (C=O) groups excluding carboxylic acids is 1. The lowest BCUT2D eigenvalue weighted by atomic mass is 9.96. The molecule has 0 radical (unpaired) electrons. The van der Waals surface area contributed by atoms with Crippen LogP contribution in [-0.2, 0) is 33.2 Å². The zero-order valence-electron chi connectivity index (χ0n) is 22.1. The number of ether oxygens (including phenoxy) is 6. The number of nitrogens with one attached hydrogen (secondary N) is 1. The Morgan fingerprint density at radius 1 is 0.700 bits per heavy atom. The van der Waals surface area contributed by atoms with Gasteiger partial charge in [0.1, 0.15) is 67.1 Å². The van der Waals surface area contributed by atoms with E-state index < -0.39 is 105 Å². The van der Waals surface area contributed by atoms with Crippen LogP contribution in [0, 0.1) is 0 Å². The highest BCUT2D eigenvalue weighted by Gasteiger charge is 2.53. The predicted octanol–water partition coefficient (Wildman–Crippen LogP) is -5.99. The molecule has 0 aromatic rings. The van der Waals surface area contributed by atoms with E-state index in [1.165, 1.54) is 13.8 Å². The molecule has 0 aromatic carbocycles. The first-order valence-corrected chi connectivity index (χ1v) is 13.0. The minimum absolute atomic E-state index is 0.0142. The Bertz CT molecular complexity index is 792. The number of carbonyl (C=O) groups is 1. The number of hydrogen-bond donors (Lipinski definition) is 10. The summed E-state index contributed by atoms with van der Waals surface area (Å²) in [5.74, 6) is -0.252. The van der Waals surface area contributed by atoms with Gasteiger partial charge in [0.05, 0.1) is 25.9 Å². The van der Waals surface area contributed by atoms with Crippen LogP contribution in [-0.4, -0.2) is 170 Å². The van der Waals surface area contributed by atoms with Crippen molar-refractivity contribution in [2.24, 2.45) is 0 Å². The van der Waals surface area contributed by atoms with Crippen LogP contribution in [0.2, 0.25) is 0 Å². The van der Waals surface area contributed by atoms with Gasteiger partial charge in [0, 0.05) is 13.5 Å². The highest BCUT2D eigenvalue weighted by Crippen LogP contribution is 2.33. The molecule has 3 aliphatic rings. The average molecular weight is 588 g/mol. The summed E-state index contributed by atoms with van der Waals surface area (Å²) < 4.78 is 33.7. The van der Waals surface area contributed by atoms with Gasteiger partial charge < -0.3 is 79.7 Å². The van der Waals surface area contributed by atoms with E-state index in [1.807, 2.05) is 0 Å². The minimum Gasteiger partial charge on any atom is -0.394 e. The lowest BCUT2D eigenvalue weighted by molar-refractivity contribution is -0.385. The normalized spacial score (nSPS) is 46.2. The smallest absolute Gasteiger partial charge is 0.216 e. The molecule has 0 bridgehead atoms. The van der Waals surface area contributed by atoms with Gasteiger partial charge in [0.2, 0.25) is 5.91 Å². The fourth-order valence-electron chi connectivity index (χ4n) is 4.64. The summed E-state index contributed by atoms with van der Waals surface area (Å²) >= 11 is 0. The second-order valence-electron chi connectivity index (χ2n) is 10.0. The molecule has 0 aliphatic carbocycles. The lowest BCUT2D eigenvalue weighted by Crippen LogP contribution is -2.66. The van der Waals surface area contributed by atoms with Gasteiger partial charge in [-0.25, -0.2) is 0 Å². The minimum atomic E-state index is -1.83. The fraction of sp³-hybridized carbons (Fsp3) is 0.957. The maximum absolute atomic E-state index is 11.3. The first-order chi connectivity index (χ1) is 18.9. The van der Waals surface area contributed by atoms with Crippen LogP contribution in [0.25, 0.3) is 0 Å². The summed E-state index contributed by atoms with van der Waals surface area (Å²) in [4.78, 5) is 11.1. The Morgan fingerprint density at radius 3 is 1.85 bits per heavy atom. The predicted molar refractivity (Wildman–Crippen MR) is 127 cm³/mol. The molecule has 0 spiro atoms.